The van der Waals surface area contributed by atoms with Crippen LogP contribution in [0.5, 0.6) is 0 Å². The summed E-state index contributed by atoms with van der Waals surface area (Å²) >= 11 is 0. The SMILES string of the molecule is CC(C)(C)OC(=O)C1CCCN1C(=O)C(Cc1ccccc1)NC(=O)OCc1ccccc1. The summed E-state index contributed by atoms with van der Waals surface area (Å²) < 4.78 is 10.9. The molecule has 0 bridgehead atoms. The van der Waals surface area contributed by atoms with E-state index >= 15 is 0 Å². The molecule has 1 heterocycles. The minimum absolute atomic E-state index is 0.100. The van der Waals surface area contributed by atoms with E-state index in [1.165, 1.54) is 4.90 Å². The van der Waals surface area contributed by atoms with Gasteiger partial charge in [0, 0.05) is 13.0 Å². The fraction of sp³-hybridized carbons (Fsp3) is 0.423. The van der Waals surface area contributed by atoms with Crippen LogP contribution in [0.15, 0.2) is 60.7 Å². The first kappa shape index (κ1) is 24.3. The van der Waals surface area contributed by atoms with Gasteiger partial charge in [-0.05, 0) is 44.7 Å². The molecule has 7 nitrogen and oxygen atoms in total. The van der Waals surface area contributed by atoms with Crippen LogP contribution in [0.2, 0.25) is 0 Å². The third-order valence-electron chi connectivity index (χ3n) is 5.30. The highest BCUT2D eigenvalue weighted by Gasteiger charge is 2.39. The lowest BCUT2D eigenvalue weighted by Gasteiger charge is -2.30. The van der Waals surface area contributed by atoms with Crippen molar-refractivity contribution in [2.75, 3.05) is 6.54 Å². The van der Waals surface area contributed by atoms with Crippen LogP contribution in [0.4, 0.5) is 4.79 Å². The summed E-state index contributed by atoms with van der Waals surface area (Å²) in [7, 11) is 0. The smallest absolute Gasteiger partial charge is 0.408 e. The Labute approximate surface area is 195 Å². The molecule has 3 rings (SSSR count). The van der Waals surface area contributed by atoms with Crippen LogP contribution in [0.3, 0.4) is 0 Å². The lowest BCUT2D eigenvalue weighted by Crippen LogP contribution is -2.53. The van der Waals surface area contributed by atoms with Gasteiger partial charge < -0.3 is 19.7 Å². The number of carbonyl (C=O) groups excluding carboxylic acids is 3. The topological polar surface area (TPSA) is 84.9 Å². The predicted octanol–water partition coefficient (Wildman–Crippen LogP) is 3.86. The predicted molar refractivity (Wildman–Crippen MR) is 124 cm³/mol. The van der Waals surface area contributed by atoms with Crippen molar-refractivity contribution in [3.63, 3.8) is 0 Å². The molecule has 0 spiro atoms. The fourth-order valence-corrected chi connectivity index (χ4v) is 3.80. The minimum atomic E-state index is -0.862. The first-order chi connectivity index (χ1) is 15.7. The van der Waals surface area contributed by atoms with Crippen LogP contribution < -0.4 is 5.32 Å². The number of esters is 1. The highest BCUT2D eigenvalue weighted by Crippen LogP contribution is 2.23. The Morgan fingerprint density at radius 2 is 1.61 bits per heavy atom. The number of alkyl carbamates (subject to hydrolysis) is 1. The van der Waals surface area contributed by atoms with E-state index in [1.54, 1.807) is 20.8 Å². The van der Waals surface area contributed by atoms with Crippen molar-refractivity contribution in [3.05, 3.63) is 71.8 Å². The van der Waals surface area contributed by atoms with Gasteiger partial charge in [-0.25, -0.2) is 9.59 Å². The summed E-state index contributed by atoms with van der Waals surface area (Å²) in [5, 5.41) is 2.72. The Hall–Kier alpha value is -3.35. The number of likely N-dealkylation sites (tertiary alicyclic amines) is 1. The summed E-state index contributed by atoms with van der Waals surface area (Å²) in [6.07, 6.45) is 0.849. The molecule has 1 aliphatic heterocycles. The van der Waals surface area contributed by atoms with E-state index in [0.29, 0.717) is 19.4 Å². The lowest BCUT2D eigenvalue weighted by molar-refractivity contribution is -0.163. The highest BCUT2D eigenvalue weighted by molar-refractivity contribution is 5.90. The van der Waals surface area contributed by atoms with Crippen molar-refractivity contribution in [3.8, 4) is 0 Å². The maximum Gasteiger partial charge on any atom is 0.408 e. The van der Waals surface area contributed by atoms with Gasteiger partial charge in [-0.15, -0.1) is 0 Å². The zero-order chi connectivity index (χ0) is 23.8. The number of hydrogen-bond acceptors (Lipinski definition) is 5. The number of amides is 2. The molecule has 0 aromatic heterocycles. The molecular formula is C26H32N2O5. The molecule has 0 aliphatic carbocycles. The Balaban J connectivity index is 1.71. The summed E-state index contributed by atoms with van der Waals surface area (Å²) in [5.74, 6) is -0.734. The molecule has 2 unspecified atom stereocenters. The second-order valence-corrected chi connectivity index (χ2v) is 9.17. The highest BCUT2D eigenvalue weighted by atomic mass is 16.6. The van der Waals surface area contributed by atoms with Crippen molar-refractivity contribution < 1.29 is 23.9 Å². The fourth-order valence-electron chi connectivity index (χ4n) is 3.80. The normalized spacial score (nSPS) is 16.7. The van der Waals surface area contributed by atoms with E-state index in [2.05, 4.69) is 5.32 Å². The monoisotopic (exact) mass is 452 g/mol. The van der Waals surface area contributed by atoms with Crippen LogP contribution in [0.1, 0.15) is 44.7 Å². The third kappa shape index (κ3) is 7.34. The first-order valence-corrected chi connectivity index (χ1v) is 11.3. The molecule has 2 atom stereocenters. The molecular weight excluding hydrogens is 420 g/mol. The molecule has 1 saturated heterocycles. The van der Waals surface area contributed by atoms with Crippen LogP contribution in [-0.4, -0.2) is 47.1 Å². The molecule has 1 N–H and O–H groups in total. The molecule has 1 fully saturated rings. The summed E-state index contributed by atoms with van der Waals surface area (Å²) in [6.45, 7) is 5.94. The Morgan fingerprint density at radius 3 is 2.21 bits per heavy atom. The molecule has 2 amide bonds. The minimum Gasteiger partial charge on any atom is -0.458 e. The standard InChI is InChI=1S/C26H32N2O5/c1-26(2,3)33-24(30)22-15-10-16-28(22)23(29)21(17-19-11-6-4-7-12-19)27-25(31)32-18-20-13-8-5-9-14-20/h4-9,11-14,21-22H,10,15-18H2,1-3H3,(H,27,31). The molecule has 7 heteroatoms. The van der Waals surface area contributed by atoms with Crippen molar-refractivity contribution in [2.24, 2.45) is 0 Å². The van der Waals surface area contributed by atoms with Crippen LogP contribution in [-0.2, 0) is 32.1 Å². The molecule has 2 aromatic carbocycles. The summed E-state index contributed by atoms with van der Waals surface area (Å²) in [6, 6.07) is 17.2. The van der Waals surface area contributed by atoms with E-state index in [-0.39, 0.29) is 18.9 Å². The summed E-state index contributed by atoms with van der Waals surface area (Å²) in [5.41, 5.74) is 1.10. The lowest BCUT2D eigenvalue weighted by atomic mass is 10.0. The largest absolute Gasteiger partial charge is 0.458 e. The molecule has 33 heavy (non-hydrogen) atoms. The number of benzene rings is 2. The van der Waals surface area contributed by atoms with Gasteiger partial charge >= 0.3 is 12.1 Å². The van der Waals surface area contributed by atoms with Crippen molar-refractivity contribution in [1.29, 1.82) is 0 Å². The average Bonchev–Trinajstić information content (AvgIpc) is 3.27. The van der Waals surface area contributed by atoms with Gasteiger partial charge in [-0.3, -0.25) is 4.79 Å². The quantitative estimate of drug-likeness (QED) is 0.645. The van der Waals surface area contributed by atoms with E-state index in [9.17, 15) is 14.4 Å². The second kappa shape index (κ2) is 11.0. The van der Waals surface area contributed by atoms with E-state index in [0.717, 1.165) is 11.1 Å². The number of carbonyl (C=O) groups is 3. The van der Waals surface area contributed by atoms with Crippen molar-refractivity contribution in [2.45, 2.75) is 64.3 Å². The molecule has 2 aromatic rings. The number of nitrogens with one attached hydrogen (secondary N) is 1. The molecule has 1 aliphatic rings. The Morgan fingerprint density at radius 1 is 1.00 bits per heavy atom. The molecule has 0 saturated carbocycles. The third-order valence-corrected chi connectivity index (χ3v) is 5.30. The van der Waals surface area contributed by atoms with Gasteiger partial charge in [0.2, 0.25) is 5.91 Å². The molecule has 0 radical (unpaired) electrons. The zero-order valence-electron chi connectivity index (χ0n) is 19.5. The number of hydrogen-bond donors (Lipinski definition) is 1. The zero-order valence-corrected chi connectivity index (χ0v) is 19.5. The van der Waals surface area contributed by atoms with Crippen molar-refractivity contribution in [1.82, 2.24) is 10.2 Å². The van der Waals surface area contributed by atoms with Gasteiger partial charge in [0.15, 0.2) is 0 Å². The van der Waals surface area contributed by atoms with Gasteiger partial charge in [-0.1, -0.05) is 60.7 Å². The maximum atomic E-state index is 13.5. The Bertz CT molecular complexity index is 940. The van der Waals surface area contributed by atoms with E-state index in [1.807, 2.05) is 60.7 Å². The maximum absolute atomic E-state index is 13.5. The van der Waals surface area contributed by atoms with E-state index < -0.39 is 29.7 Å². The van der Waals surface area contributed by atoms with Crippen molar-refractivity contribution >= 4 is 18.0 Å². The van der Waals surface area contributed by atoms with Crippen LogP contribution in [0, 0.1) is 0 Å². The number of nitrogens with zero attached hydrogens (tertiary/aromatic N) is 1. The first-order valence-electron chi connectivity index (χ1n) is 11.3. The molecule has 176 valence electrons. The van der Waals surface area contributed by atoms with E-state index in [4.69, 9.17) is 9.47 Å². The van der Waals surface area contributed by atoms with Crippen LogP contribution in [0.25, 0.3) is 0 Å². The van der Waals surface area contributed by atoms with Crippen LogP contribution >= 0.6 is 0 Å². The van der Waals surface area contributed by atoms with Gasteiger partial charge in [-0.2, -0.15) is 0 Å². The summed E-state index contributed by atoms with van der Waals surface area (Å²) in [4.78, 5) is 40.3. The number of rotatable bonds is 7. The average molecular weight is 453 g/mol. The number of ether oxygens (including phenoxy) is 2. The van der Waals surface area contributed by atoms with Gasteiger partial charge in [0.05, 0.1) is 0 Å². The second-order valence-electron chi connectivity index (χ2n) is 9.17. The van der Waals surface area contributed by atoms with Gasteiger partial charge in [0.25, 0.3) is 0 Å². The van der Waals surface area contributed by atoms with Gasteiger partial charge in [0.1, 0.15) is 24.3 Å². The Kier molecular flexibility index (Phi) is 8.09.